The first-order valence-corrected chi connectivity index (χ1v) is 14.9. The van der Waals surface area contributed by atoms with E-state index in [1.165, 1.54) is 28.8 Å². The van der Waals surface area contributed by atoms with Gasteiger partial charge in [0.05, 0.1) is 16.9 Å². The molecule has 0 bridgehead atoms. The number of amides is 3. The Morgan fingerprint density at radius 3 is 2.19 bits per heavy atom. The predicted octanol–water partition coefficient (Wildman–Crippen LogP) is 4.35. The van der Waals surface area contributed by atoms with Crippen molar-refractivity contribution in [2.45, 2.75) is 13.5 Å². The van der Waals surface area contributed by atoms with Gasteiger partial charge in [-0.05, 0) is 67.1 Å². The standard InChI is InChI=1S/C34H29F2N7O5/c1-20-26-11-13-29(44)43(25-9-6-22(7-10-25)31(45)37-19-21-2-4-23(5-3-21)32(46)47)30(26)40-33(38-20)41-14-16-42(17-15-41)34(48)39-24-8-12-27(35)28(36)18-24/h2-13,18H,14-17,19H2,1H3,(H,37,45)(H,39,48)(H,46,47). The second kappa shape index (κ2) is 13.3. The van der Waals surface area contributed by atoms with Crippen molar-refractivity contribution < 1.29 is 28.3 Å². The summed E-state index contributed by atoms with van der Waals surface area (Å²) >= 11 is 0. The van der Waals surface area contributed by atoms with Crippen LogP contribution < -0.4 is 21.1 Å². The van der Waals surface area contributed by atoms with Gasteiger partial charge in [-0.1, -0.05) is 12.1 Å². The lowest BCUT2D eigenvalue weighted by atomic mass is 10.1. The molecule has 3 N–H and O–H groups in total. The Balaban J connectivity index is 1.16. The molecule has 14 heteroatoms. The molecule has 3 heterocycles. The number of piperazine rings is 1. The van der Waals surface area contributed by atoms with Crippen LogP contribution in [0.2, 0.25) is 0 Å². The average molecular weight is 654 g/mol. The summed E-state index contributed by atoms with van der Waals surface area (Å²) in [4.78, 5) is 62.6. The number of nitrogens with one attached hydrogen (secondary N) is 2. The smallest absolute Gasteiger partial charge is 0.335 e. The fourth-order valence-corrected chi connectivity index (χ4v) is 5.34. The molecule has 0 unspecified atom stereocenters. The molecule has 3 amide bonds. The Bertz CT molecular complexity index is 2100. The first kappa shape index (κ1) is 31.8. The second-order valence-corrected chi connectivity index (χ2v) is 11.1. The zero-order valence-corrected chi connectivity index (χ0v) is 25.6. The van der Waals surface area contributed by atoms with Crippen molar-refractivity contribution in [2.75, 3.05) is 36.4 Å². The van der Waals surface area contributed by atoms with E-state index < -0.39 is 23.6 Å². The number of carbonyl (C=O) groups is 3. The summed E-state index contributed by atoms with van der Waals surface area (Å²) in [5.74, 6) is -3.04. The van der Waals surface area contributed by atoms with Crippen LogP contribution in [0.15, 0.2) is 83.7 Å². The number of rotatable bonds is 7. The number of halogens is 2. The number of carboxylic acid groups (broad SMARTS) is 1. The van der Waals surface area contributed by atoms with E-state index in [0.29, 0.717) is 60.1 Å². The fraction of sp³-hybridized carbons (Fsp3) is 0.176. The maximum atomic E-state index is 13.6. The predicted molar refractivity (Wildman–Crippen MR) is 174 cm³/mol. The highest BCUT2D eigenvalue weighted by Crippen LogP contribution is 2.22. The molecular weight excluding hydrogens is 624 g/mol. The first-order chi connectivity index (χ1) is 23.1. The number of aromatic carboxylic acids is 1. The minimum atomic E-state index is -1.06. The molecule has 2 aromatic heterocycles. The molecule has 1 aliphatic rings. The number of carbonyl (C=O) groups excluding carboxylic acids is 2. The molecule has 1 saturated heterocycles. The Morgan fingerprint density at radius 1 is 0.833 bits per heavy atom. The minimum Gasteiger partial charge on any atom is -0.478 e. The number of benzene rings is 3. The summed E-state index contributed by atoms with van der Waals surface area (Å²) in [6.45, 7) is 3.43. The molecule has 5 aromatic rings. The van der Waals surface area contributed by atoms with Crippen molar-refractivity contribution in [3.8, 4) is 5.69 Å². The fourth-order valence-electron chi connectivity index (χ4n) is 5.34. The normalized spacial score (nSPS) is 13.0. The molecule has 0 aliphatic carbocycles. The first-order valence-electron chi connectivity index (χ1n) is 14.9. The average Bonchev–Trinajstić information content (AvgIpc) is 3.09. The van der Waals surface area contributed by atoms with Crippen LogP contribution in [0.3, 0.4) is 0 Å². The zero-order chi connectivity index (χ0) is 33.9. The van der Waals surface area contributed by atoms with E-state index in [2.05, 4.69) is 15.6 Å². The molecular formula is C34H29F2N7O5. The van der Waals surface area contributed by atoms with Gasteiger partial charge < -0.3 is 25.5 Å². The lowest BCUT2D eigenvalue weighted by molar-refractivity contribution is 0.0696. The van der Waals surface area contributed by atoms with Gasteiger partial charge in [-0.25, -0.2) is 23.4 Å². The minimum absolute atomic E-state index is 0.145. The number of hydrogen-bond donors (Lipinski definition) is 3. The van der Waals surface area contributed by atoms with Crippen LogP contribution in [0.25, 0.3) is 16.7 Å². The van der Waals surface area contributed by atoms with Crippen LogP contribution in [0, 0.1) is 18.6 Å². The third-order valence-corrected chi connectivity index (χ3v) is 7.99. The number of pyridine rings is 1. The molecule has 244 valence electrons. The molecule has 0 radical (unpaired) electrons. The number of anilines is 2. The lowest BCUT2D eigenvalue weighted by Gasteiger charge is -2.34. The Hall–Kier alpha value is -6.18. The van der Waals surface area contributed by atoms with Gasteiger partial charge in [0.1, 0.15) is 0 Å². The third kappa shape index (κ3) is 6.67. The van der Waals surface area contributed by atoms with Crippen LogP contribution >= 0.6 is 0 Å². The van der Waals surface area contributed by atoms with Gasteiger partial charge in [0.25, 0.3) is 11.5 Å². The molecule has 12 nitrogen and oxygen atoms in total. The van der Waals surface area contributed by atoms with Crippen molar-refractivity contribution in [2.24, 2.45) is 0 Å². The maximum absolute atomic E-state index is 13.6. The SMILES string of the molecule is Cc1nc(N2CCN(C(=O)Nc3ccc(F)c(F)c3)CC2)nc2c1ccc(=O)n2-c1ccc(C(=O)NCc2ccc(C(=O)O)cc2)cc1. The van der Waals surface area contributed by atoms with E-state index in [4.69, 9.17) is 10.1 Å². The number of fused-ring (bicyclic) bond motifs is 1. The van der Waals surface area contributed by atoms with E-state index >= 15 is 0 Å². The van der Waals surface area contributed by atoms with Crippen LogP contribution in [-0.2, 0) is 6.54 Å². The van der Waals surface area contributed by atoms with Gasteiger partial charge in [0.15, 0.2) is 17.3 Å². The summed E-state index contributed by atoms with van der Waals surface area (Å²) < 4.78 is 28.3. The van der Waals surface area contributed by atoms with E-state index in [1.807, 2.05) is 11.8 Å². The third-order valence-electron chi connectivity index (χ3n) is 7.99. The second-order valence-electron chi connectivity index (χ2n) is 11.1. The number of hydrogen-bond acceptors (Lipinski definition) is 7. The number of nitrogens with zero attached hydrogens (tertiary/aromatic N) is 5. The van der Waals surface area contributed by atoms with Crippen LogP contribution in [-0.4, -0.2) is 68.6 Å². The number of aryl methyl sites for hydroxylation is 1. The van der Waals surface area contributed by atoms with Gasteiger partial charge >= 0.3 is 12.0 Å². The van der Waals surface area contributed by atoms with Crippen LogP contribution in [0.5, 0.6) is 0 Å². The van der Waals surface area contributed by atoms with E-state index in [-0.39, 0.29) is 29.3 Å². The Morgan fingerprint density at radius 2 is 1.52 bits per heavy atom. The summed E-state index contributed by atoms with van der Waals surface area (Å²) in [5.41, 5.74) is 2.60. The molecule has 0 spiro atoms. The summed E-state index contributed by atoms with van der Waals surface area (Å²) in [7, 11) is 0. The summed E-state index contributed by atoms with van der Waals surface area (Å²) in [6, 6.07) is 18.5. The van der Waals surface area contributed by atoms with E-state index in [1.54, 1.807) is 47.4 Å². The molecule has 6 rings (SSSR count). The van der Waals surface area contributed by atoms with E-state index in [0.717, 1.165) is 17.7 Å². The monoisotopic (exact) mass is 653 g/mol. The maximum Gasteiger partial charge on any atom is 0.335 e. The lowest BCUT2D eigenvalue weighted by Crippen LogP contribution is -2.50. The quantitative estimate of drug-likeness (QED) is 0.235. The number of aromatic nitrogens is 3. The summed E-state index contributed by atoms with van der Waals surface area (Å²) in [5, 5.41) is 15.1. The molecule has 3 aromatic carbocycles. The van der Waals surface area contributed by atoms with Gasteiger partial charge in [0, 0.05) is 61.5 Å². The van der Waals surface area contributed by atoms with Crippen molar-refractivity contribution in [1.29, 1.82) is 0 Å². The molecule has 1 fully saturated rings. The highest BCUT2D eigenvalue weighted by atomic mass is 19.2. The van der Waals surface area contributed by atoms with Crippen molar-refractivity contribution >= 4 is 40.6 Å². The van der Waals surface area contributed by atoms with Crippen molar-refractivity contribution in [3.05, 3.63) is 123 Å². The largest absolute Gasteiger partial charge is 0.478 e. The number of urea groups is 1. The molecule has 0 atom stereocenters. The van der Waals surface area contributed by atoms with Gasteiger partial charge in [-0.3, -0.25) is 14.2 Å². The van der Waals surface area contributed by atoms with Gasteiger partial charge in [-0.15, -0.1) is 0 Å². The van der Waals surface area contributed by atoms with E-state index in [9.17, 15) is 28.0 Å². The molecule has 48 heavy (non-hydrogen) atoms. The van der Waals surface area contributed by atoms with Gasteiger partial charge in [0.2, 0.25) is 5.95 Å². The van der Waals surface area contributed by atoms with Crippen LogP contribution in [0.1, 0.15) is 32.0 Å². The Labute approximate surface area is 272 Å². The Kier molecular flexibility index (Phi) is 8.79. The highest BCUT2D eigenvalue weighted by molar-refractivity contribution is 5.94. The number of carboxylic acids is 1. The van der Waals surface area contributed by atoms with Crippen molar-refractivity contribution in [3.63, 3.8) is 0 Å². The molecule has 1 aliphatic heterocycles. The highest BCUT2D eigenvalue weighted by Gasteiger charge is 2.24. The topological polar surface area (TPSA) is 150 Å². The molecule has 0 saturated carbocycles. The summed E-state index contributed by atoms with van der Waals surface area (Å²) in [6.07, 6.45) is 0. The van der Waals surface area contributed by atoms with Gasteiger partial charge in [-0.2, -0.15) is 4.98 Å². The zero-order valence-electron chi connectivity index (χ0n) is 25.6. The van der Waals surface area contributed by atoms with Crippen LogP contribution in [0.4, 0.5) is 25.2 Å². The van der Waals surface area contributed by atoms with Crippen molar-refractivity contribution in [1.82, 2.24) is 24.8 Å².